The Balaban J connectivity index is 1.59. The minimum absolute atomic E-state index is 0.0993. The van der Waals surface area contributed by atoms with Crippen LogP contribution in [0.5, 0.6) is 0 Å². The summed E-state index contributed by atoms with van der Waals surface area (Å²) in [6.45, 7) is 4.49. The van der Waals surface area contributed by atoms with Crippen molar-refractivity contribution in [1.82, 2.24) is 25.0 Å². The molecule has 0 saturated heterocycles. The fourth-order valence-electron chi connectivity index (χ4n) is 3.06. The number of nitrogens with one attached hydrogen (secondary N) is 2. The summed E-state index contributed by atoms with van der Waals surface area (Å²) in [5, 5.41) is 8.50. The van der Waals surface area contributed by atoms with E-state index in [1.807, 2.05) is 19.2 Å². The first-order chi connectivity index (χ1) is 14.4. The lowest BCUT2D eigenvalue weighted by Crippen LogP contribution is -2.37. The van der Waals surface area contributed by atoms with Crippen molar-refractivity contribution in [2.75, 3.05) is 0 Å². The molecule has 0 aliphatic heterocycles. The number of fused-ring (bicyclic) bond motifs is 1. The standard InChI is InChI=1S/C20H19N5O4S/c1-11(2)10-25-14-6-5-12(8-13(14)22-19(27)20(25)28)17-23-16(29-24-17)9-21-18(26)15-4-3-7-30-15/h3-8,11H,9-10H2,1-2H3,(H,21,26)(H,22,27). The van der Waals surface area contributed by atoms with Gasteiger partial charge in [-0.15, -0.1) is 11.3 Å². The summed E-state index contributed by atoms with van der Waals surface area (Å²) < 4.78 is 6.70. The van der Waals surface area contributed by atoms with Crippen LogP contribution in [0.1, 0.15) is 29.4 Å². The molecule has 0 atom stereocenters. The number of carbonyl (C=O) groups is 1. The number of aromatic nitrogens is 4. The second kappa shape index (κ2) is 8.07. The molecular weight excluding hydrogens is 406 g/mol. The summed E-state index contributed by atoms with van der Waals surface area (Å²) in [5.74, 6) is 0.570. The number of aromatic amines is 1. The highest BCUT2D eigenvalue weighted by Gasteiger charge is 2.14. The zero-order chi connectivity index (χ0) is 21.3. The van der Waals surface area contributed by atoms with Gasteiger partial charge in [-0.25, -0.2) is 0 Å². The van der Waals surface area contributed by atoms with Crippen molar-refractivity contribution >= 4 is 28.3 Å². The van der Waals surface area contributed by atoms with E-state index in [2.05, 4.69) is 20.4 Å². The van der Waals surface area contributed by atoms with Crippen LogP contribution in [0.25, 0.3) is 22.4 Å². The summed E-state index contributed by atoms with van der Waals surface area (Å²) in [6.07, 6.45) is 0. The molecule has 3 heterocycles. The molecule has 4 aromatic rings. The Morgan fingerprint density at radius 1 is 1.30 bits per heavy atom. The van der Waals surface area contributed by atoms with Crippen molar-refractivity contribution in [3.63, 3.8) is 0 Å². The quantitative estimate of drug-likeness (QED) is 0.457. The smallest absolute Gasteiger partial charge is 0.316 e. The van der Waals surface area contributed by atoms with Crippen LogP contribution in [0.4, 0.5) is 0 Å². The van der Waals surface area contributed by atoms with Gasteiger partial charge in [-0.1, -0.05) is 25.1 Å². The average molecular weight is 425 g/mol. The maximum Gasteiger partial charge on any atom is 0.316 e. The van der Waals surface area contributed by atoms with E-state index in [1.165, 1.54) is 15.9 Å². The topological polar surface area (TPSA) is 123 Å². The molecule has 0 radical (unpaired) electrons. The Hall–Kier alpha value is -3.53. The van der Waals surface area contributed by atoms with E-state index >= 15 is 0 Å². The van der Waals surface area contributed by atoms with Crippen molar-refractivity contribution in [2.45, 2.75) is 26.9 Å². The Kier molecular flexibility index (Phi) is 5.32. The van der Waals surface area contributed by atoms with Crippen molar-refractivity contribution in [3.8, 4) is 11.4 Å². The Morgan fingerprint density at radius 3 is 2.87 bits per heavy atom. The predicted octanol–water partition coefficient (Wildman–Crippen LogP) is 2.39. The lowest BCUT2D eigenvalue weighted by molar-refractivity contribution is 0.0950. The van der Waals surface area contributed by atoms with Crippen LogP contribution in [0, 0.1) is 5.92 Å². The molecule has 9 nitrogen and oxygen atoms in total. The molecule has 0 aliphatic rings. The minimum Gasteiger partial charge on any atom is -0.342 e. The van der Waals surface area contributed by atoms with Gasteiger partial charge in [-0.2, -0.15) is 4.98 Å². The van der Waals surface area contributed by atoms with E-state index in [4.69, 9.17) is 4.52 Å². The van der Waals surface area contributed by atoms with Crippen LogP contribution in [0.2, 0.25) is 0 Å². The monoisotopic (exact) mass is 425 g/mol. The molecule has 0 bridgehead atoms. The fraction of sp³-hybridized carbons (Fsp3) is 0.250. The molecule has 154 valence electrons. The van der Waals surface area contributed by atoms with E-state index < -0.39 is 11.1 Å². The number of H-pyrrole nitrogens is 1. The van der Waals surface area contributed by atoms with E-state index in [9.17, 15) is 14.4 Å². The van der Waals surface area contributed by atoms with Crippen molar-refractivity contribution < 1.29 is 9.32 Å². The first-order valence-corrected chi connectivity index (χ1v) is 10.2. The molecule has 30 heavy (non-hydrogen) atoms. The van der Waals surface area contributed by atoms with Crippen LogP contribution in [0.3, 0.4) is 0 Å². The Labute approximate surface area is 174 Å². The number of hydrogen-bond donors (Lipinski definition) is 2. The highest BCUT2D eigenvalue weighted by molar-refractivity contribution is 7.12. The van der Waals surface area contributed by atoms with Gasteiger partial charge in [-0.05, 0) is 35.6 Å². The summed E-state index contributed by atoms with van der Waals surface area (Å²) >= 11 is 1.34. The SMILES string of the molecule is CC(C)Cn1c(=O)c(=O)[nH]c2cc(-c3noc(CNC(=O)c4cccs4)n3)ccc21. The largest absolute Gasteiger partial charge is 0.342 e. The van der Waals surface area contributed by atoms with Crippen LogP contribution >= 0.6 is 11.3 Å². The van der Waals surface area contributed by atoms with Gasteiger partial charge in [0.15, 0.2) is 0 Å². The number of hydrogen-bond acceptors (Lipinski definition) is 7. The second-order valence-electron chi connectivity index (χ2n) is 7.17. The summed E-state index contributed by atoms with van der Waals surface area (Å²) in [7, 11) is 0. The third-order valence-electron chi connectivity index (χ3n) is 4.39. The summed E-state index contributed by atoms with van der Waals surface area (Å²) in [6, 6.07) is 8.74. The molecule has 1 aromatic carbocycles. The maximum absolute atomic E-state index is 12.2. The van der Waals surface area contributed by atoms with E-state index in [1.54, 1.807) is 30.3 Å². The molecule has 0 unspecified atom stereocenters. The Bertz CT molecular complexity index is 1320. The first kappa shape index (κ1) is 19.8. The van der Waals surface area contributed by atoms with Crippen molar-refractivity contribution in [1.29, 1.82) is 0 Å². The fourth-order valence-corrected chi connectivity index (χ4v) is 3.70. The molecule has 2 N–H and O–H groups in total. The molecule has 1 amide bonds. The molecular formula is C20H19N5O4S. The van der Waals surface area contributed by atoms with Gasteiger partial charge in [0, 0.05) is 12.1 Å². The van der Waals surface area contributed by atoms with E-state index in [-0.39, 0.29) is 24.3 Å². The molecule has 3 aromatic heterocycles. The number of rotatable bonds is 6. The molecule has 0 fully saturated rings. The first-order valence-electron chi connectivity index (χ1n) is 9.34. The number of thiophene rings is 1. The van der Waals surface area contributed by atoms with Crippen molar-refractivity contribution in [3.05, 3.63) is 67.2 Å². The number of carbonyl (C=O) groups excluding carboxylic acids is 1. The molecule has 0 aliphatic carbocycles. The average Bonchev–Trinajstić information content (AvgIpc) is 3.41. The second-order valence-corrected chi connectivity index (χ2v) is 8.12. The van der Waals surface area contributed by atoms with Gasteiger partial charge < -0.3 is 19.4 Å². The molecule has 4 rings (SSSR count). The van der Waals surface area contributed by atoms with Gasteiger partial charge in [0.05, 0.1) is 22.5 Å². The molecule has 0 spiro atoms. The lowest BCUT2D eigenvalue weighted by Gasteiger charge is -2.12. The van der Waals surface area contributed by atoms with Gasteiger partial charge >= 0.3 is 11.1 Å². The lowest BCUT2D eigenvalue weighted by atomic mass is 10.1. The highest BCUT2D eigenvalue weighted by Crippen LogP contribution is 2.20. The van der Waals surface area contributed by atoms with E-state index in [0.29, 0.717) is 33.8 Å². The highest BCUT2D eigenvalue weighted by atomic mass is 32.1. The number of amides is 1. The van der Waals surface area contributed by atoms with Crippen LogP contribution < -0.4 is 16.4 Å². The zero-order valence-electron chi connectivity index (χ0n) is 16.3. The van der Waals surface area contributed by atoms with Crippen molar-refractivity contribution in [2.24, 2.45) is 5.92 Å². The predicted molar refractivity (Wildman–Crippen MR) is 112 cm³/mol. The van der Waals surface area contributed by atoms with Crippen LogP contribution in [0.15, 0.2) is 49.8 Å². The van der Waals surface area contributed by atoms with Crippen LogP contribution in [-0.4, -0.2) is 25.6 Å². The van der Waals surface area contributed by atoms with E-state index in [0.717, 1.165) is 0 Å². The Morgan fingerprint density at radius 2 is 2.13 bits per heavy atom. The summed E-state index contributed by atoms with van der Waals surface area (Å²) in [4.78, 5) is 43.8. The number of benzene rings is 1. The summed E-state index contributed by atoms with van der Waals surface area (Å²) in [5.41, 5.74) is 0.504. The molecule has 0 saturated carbocycles. The van der Waals surface area contributed by atoms with Gasteiger partial charge in [-0.3, -0.25) is 14.4 Å². The number of nitrogens with zero attached hydrogens (tertiary/aromatic N) is 3. The molecule has 10 heteroatoms. The van der Waals surface area contributed by atoms with Gasteiger partial charge in [0.2, 0.25) is 11.7 Å². The minimum atomic E-state index is -0.676. The maximum atomic E-state index is 12.2. The zero-order valence-corrected chi connectivity index (χ0v) is 17.2. The third kappa shape index (κ3) is 3.94. The van der Waals surface area contributed by atoms with Gasteiger partial charge in [0.25, 0.3) is 5.91 Å². The normalized spacial score (nSPS) is 11.3. The van der Waals surface area contributed by atoms with Gasteiger partial charge in [0.1, 0.15) is 0 Å². The third-order valence-corrected chi connectivity index (χ3v) is 5.26. The van der Waals surface area contributed by atoms with Crippen LogP contribution in [-0.2, 0) is 13.1 Å².